The number of carbonyl (C=O) groups excluding carboxylic acids is 1. The second-order valence-electron chi connectivity index (χ2n) is 3.70. The third-order valence-electron chi connectivity index (χ3n) is 2.50. The Bertz CT molecular complexity index is 408. The van der Waals surface area contributed by atoms with Crippen LogP contribution in [0.15, 0.2) is 30.9 Å². The molecule has 0 radical (unpaired) electrons. The summed E-state index contributed by atoms with van der Waals surface area (Å²) in [7, 11) is 0. The second-order valence-corrected chi connectivity index (χ2v) is 4.85. The fourth-order valence-electron chi connectivity index (χ4n) is 1.59. The predicted octanol–water partition coefficient (Wildman–Crippen LogP) is 4.59. The maximum Gasteiger partial charge on any atom is 0.232 e. The maximum atomic E-state index is 11.6. The molecule has 0 amide bonds. The first-order chi connectivity index (χ1) is 7.43. The van der Waals surface area contributed by atoms with E-state index in [1.54, 1.807) is 31.2 Å². The molecule has 4 heteroatoms. The summed E-state index contributed by atoms with van der Waals surface area (Å²) < 4.78 is 0. The zero-order valence-corrected chi connectivity index (χ0v) is 11.0. The van der Waals surface area contributed by atoms with E-state index < -0.39 is 10.7 Å². The van der Waals surface area contributed by atoms with Gasteiger partial charge in [-0.15, -0.1) is 6.58 Å². The minimum Gasteiger partial charge on any atom is -0.280 e. The Morgan fingerprint density at radius 2 is 1.94 bits per heavy atom. The first-order valence-electron chi connectivity index (χ1n) is 4.69. The molecule has 1 nitrogen and oxygen atoms in total. The number of halogens is 3. The van der Waals surface area contributed by atoms with Crippen LogP contribution in [0.1, 0.15) is 18.9 Å². The lowest BCUT2D eigenvalue weighted by Gasteiger charge is -2.26. The molecule has 1 atom stereocenters. The molecule has 0 bridgehead atoms. The van der Waals surface area contributed by atoms with Crippen LogP contribution in [0.2, 0.25) is 10.0 Å². The summed E-state index contributed by atoms with van der Waals surface area (Å²) in [6, 6.07) is 5.09. The highest BCUT2D eigenvalue weighted by molar-refractivity contribution is 6.65. The molecule has 86 valence electrons. The Labute approximate surface area is 110 Å². The summed E-state index contributed by atoms with van der Waals surface area (Å²) in [5.74, 6) is 0. The lowest BCUT2D eigenvalue weighted by Crippen LogP contribution is -2.29. The Balaban J connectivity index is 3.42. The molecule has 1 aromatic carbocycles. The number of carbonyl (C=O) groups is 1. The van der Waals surface area contributed by atoms with Gasteiger partial charge in [-0.1, -0.05) is 35.3 Å². The van der Waals surface area contributed by atoms with E-state index >= 15 is 0 Å². The van der Waals surface area contributed by atoms with Crippen molar-refractivity contribution in [1.29, 1.82) is 0 Å². The standard InChI is InChI=1S/C12H11Cl3O/c1-3-7-12(2,11(15)16)10-8(13)5-4-6-9(10)14/h3-6H,1,7H2,2H3. The summed E-state index contributed by atoms with van der Waals surface area (Å²) >= 11 is 17.8. The molecular formula is C12H11Cl3O. The van der Waals surface area contributed by atoms with E-state index in [1.165, 1.54) is 0 Å². The first-order valence-corrected chi connectivity index (χ1v) is 5.82. The molecule has 0 N–H and O–H groups in total. The zero-order valence-electron chi connectivity index (χ0n) is 8.77. The van der Waals surface area contributed by atoms with E-state index in [0.717, 1.165) is 0 Å². The summed E-state index contributed by atoms with van der Waals surface area (Å²) in [6.07, 6.45) is 2.01. The van der Waals surface area contributed by atoms with Gasteiger partial charge in [0, 0.05) is 15.6 Å². The molecule has 0 aliphatic heterocycles. The number of hydrogen-bond donors (Lipinski definition) is 0. The van der Waals surface area contributed by atoms with E-state index in [-0.39, 0.29) is 0 Å². The highest BCUT2D eigenvalue weighted by Crippen LogP contribution is 2.39. The second kappa shape index (κ2) is 5.22. The SMILES string of the molecule is C=CCC(C)(C(=O)Cl)c1c(Cl)cccc1Cl. The van der Waals surface area contributed by atoms with Gasteiger partial charge in [-0.05, 0) is 37.1 Å². The van der Waals surface area contributed by atoms with Gasteiger partial charge in [0.05, 0.1) is 5.41 Å². The Morgan fingerprint density at radius 1 is 1.44 bits per heavy atom. The summed E-state index contributed by atoms with van der Waals surface area (Å²) in [4.78, 5) is 11.6. The van der Waals surface area contributed by atoms with E-state index in [1.807, 2.05) is 0 Å². The van der Waals surface area contributed by atoms with Crippen molar-refractivity contribution in [2.24, 2.45) is 0 Å². The van der Waals surface area contributed by atoms with Crippen molar-refractivity contribution in [3.63, 3.8) is 0 Å². The van der Waals surface area contributed by atoms with Crippen LogP contribution < -0.4 is 0 Å². The van der Waals surface area contributed by atoms with E-state index in [4.69, 9.17) is 34.8 Å². The molecule has 0 aliphatic carbocycles. The quantitative estimate of drug-likeness (QED) is 0.581. The van der Waals surface area contributed by atoms with Crippen LogP contribution in [0.4, 0.5) is 0 Å². The van der Waals surface area contributed by atoms with Crippen LogP contribution >= 0.6 is 34.8 Å². The Morgan fingerprint density at radius 3 is 2.31 bits per heavy atom. The third-order valence-corrected chi connectivity index (χ3v) is 3.55. The number of rotatable bonds is 4. The molecule has 1 rings (SSSR count). The first kappa shape index (κ1) is 13.6. The molecule has 1 unspecified atom stereocenters. The van der Waals surface area contributed by atoms with Crippen LogP contribution in [0.5, 0.6) is 0 Å². The molecule has 0 saturated heterocycles. The van der Waals surface area contributed by atoms with Crippen molar-refractivity contribution >= 4 is 40.0 Å². The van der Waals surface area contributed by atoms with Crippen molar-refractivity contribution in [2.75, 3.05) is 0 Å². The fraction of sp³-hybridized carbons (Fsp3) is 0.250. The van der Waals surface area contributed by atoms with Crippen LogP contribution in [0.25, 0.3) is 0 Å². The molecular weight excluding hydrogens is 266 g/mol. The number of benzene rings is 1. The van der Waals surface area contributed by atoms with Crippen molar-refractivity contribution in [3.05, 3.63) is 46.5 Å². The summed E-state index contributed by atoms with van der Waals surface area (Å²) in [5.41, 5.74) is -0.378. The molecule has 0 spiro atoms. The largest absolute Gasteiger partial charge is 0.280 e. The molecule has 1 aromatic rings. The van der Waals surface area contributed by atoms with Gasteiger partial charge < -0.3 is 0 Å². The van der Waals surface area contributed by atoms with Crippen LogP contribution in [0, 0.1) is 0 Å². The average molecular weight is 278 g/mol. The van der Waals surface area contributed by atoms with Crippen molar-refractivity contribution < 1.29 is 4.79 Å². The average Bonchev–Trinajstić information content (AvgIpc) is 2.17. The van der Waals surface area contributed by atoms with Crippen LogP contribution in [-0.2, 0) is 10.2 Å². The number of hydrogen-bond acceptors (Lipinski definition) is 1. The van der Waals surface area contributed by atoms with Crippen LogP contribution in [-0.4, -0.2) is 5.24 Å². The molecule has 0 heterocycles. The monoisotopic (exact) mass is 276 g/mol. The molecule has 0 saturated carbocycles. The van der Waals surface area contributed by atoms with Gasteiger partial charge >= 0.3 is 0 Å². The van der Waals surface area contributed by atoms with Crippen molar-refractivity contribution in [1.82, 2.24) is 0 Å². The van der Waals surface area contributed by atoms with Gasteiger partial charge in [-0.25, -0.2) is 0 Å². The van der Waals surface area contributed by atoms with E-state index in [2.05, 4.69) is 6.58 Å². The van der Waals surface area contributed by atoms with Gasteiger partial charge in [-0.3, -0.25) is 4.79 Å². The van der Waals surface area contributed by atoms with Gasteiger partial charge in [-0.2, -0.15) is 0 Å². The minimum absolute atomic E-state index is 0.388. The van der Waals surface area contributed by atoms with E-state index in [0.29, 0.717) is 22.0 Å². The Kier molecular flexibility index (Phi) is 4.43. The molecule has 0 aromatic heterocycles. The maximum absolute atomic E-state index is 11.6. The normalized spacial score (nSPS) is 14.2. The van der Waals surface area contributed by atoms with Gasteiger partial charge in [0.25, 0.3) is 0 Å². The fourth-order valence-corrected chi connectivity index (χ4v) is 2.58. The van der Waals surface area contributed by atoms with E-state index in [9.17, 15) is 4.79 Å². The van der Waals surface area contributed by atoms with Gasteiger partial charge in [0.1, 0.15) is 0 Å². The Hall–Kier alpha value is -0.500. The lowest BCUT2D eigenvalue weighted by molar-refractivity contribution is -0.116. The topological polar surface area (TPSA) is 17.1 Å². The number of allylic oxidation sites excluding steroid dienone is 1. The summed E-state index contributed by atoms with van der Waals surface area (Å²) in [5, 5.41) is 0.374. The highest BCUT2D eigenvalue weighted by Gasteiger charge is 2.36. The van der Waals surface area contributed by atoms with Crippen LogP contribution in [0.3, 0.4) is 0 Å². The molecule has 0 fully saturated rings. The van der Waals surface area contributed by atoms with Gasteiger partial charge in [0.2, 0.25) is 5.24 Å². The minimum atomic E-state index is -0.932. The molecule has 16 heavy (non-hydrogen) atoms. The zero-order chi connectivity index (χ0) is 12.3. The smallest absolute Gasteiger partial charge is 0.232 e. The van der Waals surface area contributed by atoms with Gasteiger partial charge in [0.15, 0.2) is 0 Å². The summed E-state index contributed by atoms with van der Waals surface area (Å²) in [6.45, 7) is 5.32. The lowest BCUT2D eigenvalue weighted by atomic mass is 9.80. The highest BCUT2D eigenvalue weighted by atomic mass is 35.5. The molecule has 0 aliphatic rings. The van der Waals surface area contributed by atoms with Crippen molar-refractivity contribution in [2.45, 2.75) is 18.8 Å². The van der Waals surface area contributed by atoms with Crippen molar-refractivity contribution in [3.8, 4) is 0 Å². The third kappa shape index (κ3) is 2.42. The predicted molar refractivity (Wildman–Crippen MR) is 69.5 cm³/mol.